The minimum Gasteiger partial charge on any atom is -0.309 e. The van der Waals surface area contributed by atoms with E-state index < -0.39 is 0 Å². The van der Waals surface area contributed by atoms with Gasteiger partial charge >= 0.3 is 0 Å². The molecule has 0 amide bonds. The quantitative estimate of drug-likeness (QED) is 0.814. The molecule has 19 heavy (non-hydrogen) atoms. The van der Waals surface area contributed by atoms with Gasteiger partial charge in [-0.05, 0) is 44.0 Å². The summed E-state index contributed by atoms with van der Waals surface area (Å²) in [6.45, 7) is 7.62. The summed E-state index contributed by atoms with van der Waals surface area (Å²) in [4.78, 5) is 2.54. The third kappa shape index (κ3) is 4.35. The molecule has 0 bridgehead atoms. The maximum Gasteiger partial charge on any atom is 0.0468 e. The minimum atomic E-state index is 0.252. The molecule has 0 spiro atoms. The number of benzene rings is 1. The van der Waals surface area contributed by atoms with Gasteiger partial charge in [0.25, 0.3) is 0 Å². The standard InChI is InChI=1S/C15H22Cl2N2/c1-3-19(13-5-6-13)9-8-18-11(2)14-7-4-12(16)10-15(14)17/h4,7,10-11,13,18H,3,5-6,8-9H2,1-2H3. The van der Waals surface area contributed by atoms with E-state index >= 15 is 0 Å². The molecule has 1 atom stereocenters. The first-order chi connectivity index (χ1) is 9.11. The van der Waals surface area contributed by atoms with E-state index in [-0.39, 0.29) is 6.04 Å². The van der Waals surface area contributed by atoms with Crippen LogP contribution in [0.15, 0.2) is 18.2 Å². The molecule has 2 rings (SSSR count). The van der Waals surface area contributed by atoms with Crippen LogP contribution in [0.2, 0.25) is 10.0 Å². The van der Waals surface area contributed by atoms with Gasteiger partial charge in [-0.2, -0.15) is 0 Å². The summed E-state index contributed by atoms with van der Waals surface area (Å²) >= 11 is 12.1. The van der Waals surface area contributed by atoms with E-state index in [0.717, 1.165) is 36.3 Å². The van der Waals surface area contributed by atoms with Gasteiger partial charge in [0.2, 0.25) is 0 Å². The fourth-order valence-corrected chi connectivity index (χ4v) is 3.00. The molecule has 1 aliphatic carbocycles. The summed E-state index contributed by atoms with van der Waals surface area (Å²) in [7, 11) is 0. The van der Waals surface area contributed by atoms with E-state index in [0.29, 0.717) is 5.02 Å². The van der Waals surface area contributed by atoms with Gasteiger partial charge < -0.3 is 5.32 Å². The highest BCUT2D eigenvalue weighted by Gasteiger charge is 2.27. The predicted molar refractivity (Wildman–Crippen MR) is 83.1 cm³/mol. The third-order valence-corrected chi connectivity index (χ3v) is 4.31. The van der Waals surface area contributed by atoms with Crippen LogP contribution in [-0.2, 0) is 0 Å². The largest absolute Gasteiger partial charge is 0.309 e. The normalized spacial score (nSPS) is 16.9. The van der Waals surface area contributed by atoms with Crippen LogP contribution in [0, 0.1) is 0 Å². The Labute approximate surface area is 126 Å². The first-order valence-corrected chi connectivity index (χ1v) is 7.79. The molecule has 1 aromatic rings. The van der Waals surface area contributed by atoms with Gasteiger partial charge in [0.05, 0.1) is 0 Å². The number of halogens is 2. The lowest BCUT2D eigenvalue weighted by atomic mass is 10.1. The highest BCUT2D eigenvalue weighted by Crippen LogP contribution is 2.27. The van der Waals surface area contributed by atoms with Crippen LogP contribution in [0.1, 0.15) is 38.3 Å². The highest BCUT2D eigenvalue weighted by molar-refractivity contribution is 6.35. The molecule has 2 nitrogen and oxygen atoms in total. The molecule has 106 valence electrons. The van der Waals surface area contributed by atoms with Gasteiger partial charge in [-0.25, -0.2) is 0 Å². The van der Waals surface area contributed by atoms with Crippen LogP contribution in [0.3, 0.4) is 0 Å². The van der Waals surface area contributed by atoms with Crippen molar-refractivity contribution in [2.24, 2.45) is 0 Å². The molecular formula is C15H22Cl2N2. The molecule has 1 unspecified atom stereocenters. The number of hydrogen-bond donors (Lipinski definition) is 1. The van der Waals surface area contributed by atoms with E-state index in [2.05, 4.69) is 24.1 Å². The lowest BCUT2D eigenvalue weighted by Gasteiger charge is -2.22. The molecular weight excluding hydrogens is 279 g/mol. The molecule has 1 aromatic carbocycles. The molecule has 1 saturated carbocycles. The van der Waals surface area contributed by atoms with E-state index in [1.807, 2.05) is 12.1 Å². The first kappa shape index (κ1) is 15.1. The van der Waals surface area contributed by atoms with Crippen LogP contribution < -0.4 is 5.32 Å². The van der Waals surface area contributed by atoms with Gasteiger partial charge in [0, 0.05) is 35.2 Å². The van der Waals surface area contributed by atoms with Crippen molar-refractivity contribution in [3.8, 4) is 0 Å². The molecule has 1 aliphatic rings. The molecule has 4 heteroatoms. The Morgan fingerprint density at radius 2 is 2.11 bits per heavy atom. The van der Waals surface area contributed by atoms with E-state index in [4.69, 9.17) is 23.2 Å². The van der Waals surface area contributed by atoms with Crippen molar-refractivity contribution in [1.29, 1.82) is 0 Å². The summed E-state index contributed by atoms with van der Waals surface area (Å²) < 4.78 is 0. The summed E-state index contributed by atoms with van der Waals surface area (Å²) in [5.41, 5.74) is 1.11. The fraction of sp³-hybridized carbons (Fsp3) is 0.600. The molecule has 0 radical (unpaired) electrons. The molecule has 1 N–H and O–H groups in total. The average Bonchev–Trinajstić information content (AvgIpc) is 3.18. The lowest BCUT2D eigenvalue weighted by molar-refractivity contribution is 0.273. The maximum atomic E-state index is 6.22. The SMILES string of the molecule is CCN(CCNC(C)c1ccc(Cl)cc1Cl)C1CC1. The van der Waals surface area contributed by atoms with Crippen LogP contribution in [0.4, 0.5) is 0 Å². The summed E-state index contributed by atoms with van der Waals surface area (Å²) in [5.74, 6) is 0. The number of hydrogen-bond acceptors (Lipinski definition) is 2. The Bertz CT molecular complexity index is 419. The summed E-state index contributed by atoms with van der Waals surface area (Å²) in [6.07, 6.45) is 2.73. The monoisotopic (exact) mass is 300 g/mol. The Hall–Kier alpha value is -0.280. The Kier molecular flexibility index (Phi) is 5.52. The molecule has 0 aromatic heterocycles. The second-order valence-electron chi connectivity index (χ2n) is 5.20. The van der Waals surface area contributed by atoms with Crippen molar-refractivity contribution < 1.29 is 0 Å². The Morgan fingerprint density at radius 3 is 2.68 bits per heavy atom. The van der Waals surface area contributed by atoms with Crippen molar-refractivity contribution in [3.63, 3.8) is 0 Å². The minimum absolute atomic E-state index is 0.252. The first-order valence-electron chi connectivity index (χ1n) is 7.04. The highest BCUT2D eigenvalue weighted by atomic mass is 35.5. The lowest BCUT2D eigenvalue weighted by Crippen LogP contribution is -2.34. The van der Waals surface area contributed by atoms with Crippen molar-refractivity contribution in [2.75, 3.05) is 19.6 Å². The smallest absolute Gasteiger partial charge is 0.0468 e. The molecule has 0 saturated heterocycles. The maximum absolute atomic E-state index is 6.22. The predicted octanol–water partition coefficient (Wildman–Crippen LogP) is 4.13. The number of rotatable bonds is 7. The zero-order chi connectivity index (χ0) is 13.8. The van der Waals surface area contributed by atoms with Crippen molar-refractivity contribution in [3.05, 3.63) is 33.8 Å². The topological polar surface area (TPSA) is 15.3 Å². The van der Waals surface area contributed by atoms with Gasteiger partial charge in [-0.1, -0.05) is 36.2 Å². The molecule has 1 fully saturated rings. The van der Waals surface area contributed by atoms with Crippen molar-refractivity contribution in [1.82, 2.24) is 10.2 Å². The molecule has 0 aliphatic heterocycles. The Morgan fingerprint density at radius 1 is 1.37 bits per heavy atom. The van der Waals surface area contributed by atoms with Crippen LogP contribution in [-0.4, -0.2) is 30.6 Å². The van der Waals surface area contributed by atoms with Gasteiger partial charge in [-0.3, -0.25) is 4.90 Å². The van der Waals surface area contributed by atoms with Crippen LogP contribution in [0.25, 0.3) is 0 Å². The zero-order valence-electron chi connectivity index (χ0n) is 11.6. The van der Waals surface area contributed by atoms with Crippen molar-refractivity contribution >= 4 is 23.2 Å². The molecule has 0 heterocycles. The second-order valence-corrected chi connectivity index (χ2v) is 6.05. The number of likely N-dealkylation sites (N-methyl/N-ethyl adjacent to an activating group) is 1. The Balaban J connectivity index is 1.81. The van der Waals surface area contributed by atoms with Crippen LogP contribution in [0.5, 0.6) is 0 Å². The van der Waals surface area contributed by atoms with Gasteiger partial charge in [0.1, 0.15) is 0 Å². The second kappa shape index (κ2) is 6.94. The third-order valence-electron chi connectivity index (χ3n) is 3.75. The van der Waals surface area contributed by atoms with E-state index in [1.165, 1.54) is 12.8 Å². The zero-order valence-corrected chi connectivity index (χ0v) is 13.1. The van der Waals surface area contributed by atoms with Gasteiger partial charge in [-0.15, -0.1) is 0 Å². The van der Waals surface area contributed by atoms with Crippen LogP contribution >= 0.6 is 23.2 Å². The summed E-state index contributed by atoms with van der Waals surface area (Å²) in [5, 5.41) is 4.96. The van der Waals surface area contributed by atoms with Gasteiger partial charge in [0.15, 0.2) is 0 Å². The average molecular weight is 301 g/mol. The number of nitrogens with zero attached hydrogens (tertiary/aromatic N) is 1. The fourth-order valence-electron chi connectivity index (χ4n) is 2.43. The van der Waals surface area contributed by atoms with E-state index in [1.54, 1.807) is 6.07 Å². The van der Waals surface area contributed by atoms with Crippen molar-refractivity contribution in [2.45, 2.75) is 38.8 Å². The summed E-state index contributed by atoms with van der Waals surface area (Å²) in [6, 6.07) is 6.78. The number of nitrogens with one attached hydrogen (secondary N) is 1. The van der Waals surface area contributed by atoms with E-state index in [9.17, 15) is 0 Å².